The molecule has 0 fully saturated rings. The largest absolute Gasteiger partial charge is 0.379 e. The minimum atomic E-state index is -0.528. The Bertz CT molecular complexity index is 457. The van der Waals surface area contributed by atoms with E-state index in [2.05, 4.69) is 10.5 Å². The van der Waals surface area contributed by atoms with Gasteiger partial charge in [0.05, 0.1) is 5.71 Å². The van der Waals surface area contributed by atoms with Crippen molar-refractivity contribution in [2.45, 2.75) is 5.25 Å². The standard InChI is InChI=1S/C10H10N4OS/c11-10(12)16-8-7(13-14-9(8)15)6-4-2-1-3-5-6/h1-5,8H,(H3,11,12)(H,14,15). The Kier molecular flexibility index (Phi) is 2.91. The van der Waals surface area contributed by atoms with Crippen molar-refractivity contribution in [2.24, 2.45) is 10.8 Å². The molecule has 1 aliphatic rings. The zero-order valence-electron chi connectivity index (χ0n) is 8.31. The fourth-order valence-electron chi connectivity index (χ4n) is 1.42. The van der Waals surface area contributed by atoms with Gasteiger partial charge in [0.25, 0.3) is 5.91 Å². The van der Waals surface area contributed by atoms with Crippen molar-refractivity contribution in [3.8, 4) is 0 Å². The van der Waals surface area contributed by atoms with Gasteiger partial charge in [-0.1, -0.05) is 42.1 Å². The van der Waals surface area contributed by atoms with E-state index in [4.69, 9.17) is 11.1 Å². The molecule has 0 spiro atoms. The van der Waals surface area contributed by atoms with Crippen LogP contribution in [-0.2, 0) is 4.79 Å². The Hall–Kier alpha value is -1.82. The van der Waals surface area contributed by atoms with Crippen LogP contribution in [0.1, 0.15) is 5.56 Å². The van der Waals surface area contributed by atoms with Crippen LogP contribution in [0.2, 0.25) is 0 Å². The number of nitrogens with zero attached hydrogens (tertiary/aromatic N) is 1. The van der Waals surface area contributed by atoms with Crippen LogP contribution < -0.4 is 11.2 Å². The minimum absolute atomic E-state index is 0.0920. The molecule has 0 bridgehead atoms. The second kappa shape index (κ2) is 4.36. The van der Waals surface area contributed by atoms with Gasteiger partial charge < -0.3 is 5.73 Å². The smallest absolute Gasteiger partial charge is 0.259 e. The van der Waals surface area contributed by atoms with Crippen molar-refractivity contribution in [1.82, 2.24) is 5.43 Å². The molecule has 0 saturated heterocycles. The molecule has 5 nitrogen and oxygen atoms in total. The van der Waals surface area contributed by atoms with Crippen molar-refractivity contribution in [3.05, 3.63) is 35.9 Å². The van der Waals surface area contributed by atoms with E-state index in [0.29, 0.717) is 5.71 Å². The monoisotopic (exact) mass is 234 g/mol. The predicted octanol–water partition coefficient (Wildman–Crippen LogP) is 0.516. The molecule has 1 aliphatic heterocycles. The molecule has 1 unspecified atom stereocenters. The van der Waals surface area contributed by atoms with Gasteiger partial charge in [-0.05, 0) is 5.56 Å². The number of hydrogen-bond acceptors (Lipinski definition) is 4. The SMILES string of the molecule is N=C(N)SC1C(=O)NN=C1c1ccccc1. The summed E-state index contributed by atoms with van der Waals surface area (Å²) in [7, 11) is 0. The minimum Gasteiger partial charge on any atom is -0.379 e. The zero-order chi connectivity index (χ0) is 11.5. The molecule has 16 heavy (non-hydrogen) atoms. The maximum Gasteiger partial charge on any atom is 0.259 e. The van der Waals surface area contributed by atoms with Crippen molar-refractivity contribution in [2.75, 3.05) is 0 Å². The van der Waals surface area contributed by atoms with E-state index in [0.717, 1.165) is 17.3 Å². The Labute approximate surface area is 96.6 Å². The van der Waals surface area contributed by atoms with Gasteiger partial charge in [-0.25, -0.2) is 5.43 Å². The molecule has 1 aromatic carbocycles. The summed E-state index contributed by atoms with van der Waals surface area (Å²) in [5, 5.41) is 10.6. The Morgan fingerprint density at radius 3 is 2.75 bits per heavy atom. The number of nitrogens with one attached hydrogen (secondary N) is 2. The molecule has 0 aromatic heterocycles. The van der Waals surface area contributed by atoms with Crippen LogP contribution in [-0.4, -0.2) is 22.0 Å². The molecule has 82 valence electrons. The average Bonchev–Trinajstić information content (AvgIpc) is 2.61. The van der Waals surface area contributed by atoms with Gasteiger partial charge in [0.15, 0.2) is 5.17 Å². The number of benzene rings is 1. The van der Waals surface area contributed by atoms with E-state index in [9.17, 15) is 4.79 Å². The molecule has 1 atom stereocenters. The summed E-state index contributed by atoms with van der Waals surface area (Å²) < 4.78 is 0. The summed E-state index contributed by atoms with van der Waals surface area (Å²) in [5.41, 5.74) is 9.16. The number of hydrazone groups is 1. The topological polar surface area (TPSA) is 91.3 Å². The van der Waals surface area contributed by atoms with E-state index < -0.39 is 5.25 Å². The molecule has 0 radical (unpaired) electrons. The first-order valence-electron chi connectivity index (χ1n) is 4.62. The number of amidine groups is 1. The summed E-state index contributed by atoms with van der Waals surface area (Å²) >= 11 is 0.991. The molecular weight excluding hydrogens is 224 g/mol. The number of rotatable bonds is 2. The van der Waals surface area contributed by atoms with Gasteiger partial charge in [-0.2, -0.15) is 5.10 Å². The Balaban J connectivity index is 2.27. The number of thioether (sulfide) groups is 1. The zero-order valence-corrected chi connectivity index (χ0v) is 9.12. The van der Waals surface area contributed by atoms with Crippen molar-refractivity contribution in [1.29, 1.82) is 5.41 Å². The normalized spacial score (nSPS) is 19.1. The summed E-state index contributed by atoms with van der Waals surface area (Å²) in [6.07, 6.45) is 0. The molecular formula is C10H10N4OS. The van der Waals surface area contributed by atoms with Gasteiger partial charge in [-0.15, -0.1) is 0 Å². The second-order valence-electron chi connectivity index (χ2n) is 3.20. The van der Waals surface area contributed by atoms with Crippen LogP contribution >= 0.6 is 11.8 Å². The lowest BCUT2D eigenvalue weighted by Gasteiger charge is -2.08. The molecule has 2 rings (SSSR count). The van der Waals surface area contributed by atoms with Crippen LogP contribution in [0.25, 0.3) is 0 Å². The molecule has 0 aliphatic carbocycles. The molecule has 4 N–H and O–H groups in total. The van der Waals surface area contributed by atoms with E-state index >= 15 is 0 Å². The maximum absolute atomic E-state index is 11.5. The van der Waals surface area contributed by atoms with E-state index in [-0.39, 0.29) is 11.1 Å². The van der Waals surface area contributed by atoms with Crippen LogP contribution in [0.4, 0.5) is 0 Å². The maximum atomic E-state index is 11.5. The fourth-order valence-corrected chi connectivity index (χ4v) is 2.13. The molecule has 0 saturated carbocycles. The number of carbonyl (C=O) groups excluding carboxylic acids is 1. The van der Waals surface area contributed by atoms with E-state index in [1.54, 1.807) is 0 Å². The Morgan fingerprint density at radius 1 is 1.44 bits per heavy atom. The quantitative estimate of drug-likeness (QED) is 0.514. The summed E-state index contributed by atoms with van der Waals surface area (Å²) in [6.45, 7) is 0. The highest BCUT2D eigenvalue weighted by Gasteiger charge is 2.32. The van der Waals surface area contributed by atoms with Gasteiger partial charge in [0, 0.05) is 0 Å². The van der Waals surface area contributed by atoms with Crippen LogP contribution in [0.5, 0.6) is 0 Å². The lowest BCUT2D eigenvalue weighted by Crippen LogP contribution is -2.29. The predicted molar refractivity (Wildman–Crippen MR) is 64.4 cm³/mol. The summed E-state index contributed by atoms with van der Waals surface area (Å²) in [4.78, 5) is 11.5. The third-order valence-corrected chi connectivity index (χ3v) is 3.01. The number of hydrogen-bond donors (Lipinski definition) is 3. The molecule has 6 heteroatoms. The highest BCUT2D eigenvalue weighted by atomic mass is 32.2. The van der Waals surface area contributed by atoms with Gasteiger partial charge in [0.2, 0.25) is 0 Å². The lowest BCUT2D eigenvalue weighted by atomic mass is 10.1. The average molecular weight is 234 g/mol. The first-order chi connectivity index (χ1) is 7.68. The first-order valence-corrected chi connectivity index (χ1v) is 5.50. The number of carbonyl (C=O) groups is 1. The van der Waals surface area contributed by atoms with Gasteiger partial charge in [0.1, 0.15) is 5.25 Å². The molecule has 1 heterocycles. The lowest BCUT2D eigenvalue weighted by molar-refractivity contribution is -0.118. The number of nitrogens with two attached hydrogens (primary N) is 1. The highest BCUT2D eigenvalue weighted by molar-refractivity contribution is 8.15. The van der Waals surface area contributed by atoms with E-state index in [1.807, 2.05) is 30.3 Å². The fraction of sp³-hybridized carbons (Fsp3) is 0.100. The first kappa shape index (κ1) is 10.7. The van der Waals surface area contributed by atoms with Gasteiger partial charge in [-0.3, -0.25) is 10.2 Å². The third-order valence-electron chi connectivity index (χ3n) is 2.09. The van der Waals surface area contributed by atoms with Crippen molar-refractivity contribution >= 4 is 28.5 Å². The Morgan fingerprint density at radius 2 is 2.12 bits per heavy atom. The third kappa shape index (κ3) is 2.06. The van der Waals surface area contributed by atoms with Crippen LogP contribution in [0.15, 0.2) is 35.4 Å². The molecule has 1 amide bonds. The van der Waals surface area contributed by atoms with E-state index in [1.165, 1.54) is 0 Å². The van der Waals surface area contributed by atoms with Crippen LogP contribution in [0.3, 0.4) is 0 Å². The number of amides is 1. The highest BCUT2D eigenvalue weighted by Crippen LogP contribution is 2.20. The molecule has 1 aromatic rings. The summed E-state index contributed by atoms with van der Waals surface area (Å²) in [5.74, 6) is -0.237. The summed E-state index contributed by atoms with van der Waals surface area (Å²) in [6, 6.07) is 9.37. The van der Waals surface area contributed by atoms with Crippen molar-refractivity contribution in [3.63, 3.8) is 0 Å². The van der Waals surface area contributed by atoms with Crippen molar-refractivity contribution < 1.29 is 4.79 Å². The van der Waals surface area contributed by atoms with Crippen LogP contribution in [0, 0.1) is 5.41 Å². The van der Waals surface area contributed by atoms with Gasteiger partial charge >= 0.3 is 0 Å². The second-order valence-corrected chi connectivity index (χ2v) is 4.35.